The average Bonchev–Trinajstić information content (AvgIpc) is 2.62. The third kappa shape index (κ3) is 5.22. The summed E-state index contributed by atoms with van der Waals surface area (Å²) < 4.78 is 10.5. The van der Waals surface area contributed by atoms with Crippen LogP contribution in [0.3, 0.4) is 0 Å². The molecule has 1 atom stereocenters. The molecule has 25 heavy (non-hydrogen) atoms. The maximum Gasteiger partial charge on any atom is 0.238 e. The van der Waals surface area contributed by atoms with Crippen molar-refractivity contribution < 1.29 is 14.3 Å². The van der Waals surface area contributed by atoms with Crippen molar-refractivity contribution in [3.05, 3.63) is 54.1 Å². The van der Waals surface area contributed by atoms with Crippen molar-refractivity contribution >= 4 is 11.6 Å². The summed E-state index contributed by atoms with van der Waals surface area (Å²) in [6, 6.07) is 15.6. The molecule has 2 aromatic rings. The van der Waals surface area contributed by atoms with Crippen molar-refractivity contribution in [3.8, 4) is 11.5 Å². The Labute approximate surface area is 149 Å². The van der Waals surface area contributed by atoms with Crippen LogP contribution in [0.5, 0.6) is 11.5 Å². The first-order chi connectivity index (χ1) is 12.0. The Balaban J connectivity index is 1.97. The first-order valence-electron chi connectivity index (χ1n) is 8.35. The molecular weight excluding hydrogens is 316 g/mol. The summed E-state index contributed by atoms with van der Waals surface area (Å²) >= 11 is 0. The molecule has 0 aliphatic heterocycles. The van der Waals surface area contributed by atoms with Crippen LogP contribution < -0.4 is 20.1 Å². The van der Waals surface area contributed by atoms with Crippen molar-refractivity contribution in [1.82, 2.24) is 5.32 Å². The largest absolute Gasteiger partial charge is 0.493 e. The lowest BCUT2D eigenvalue weighted by Gasteiger charge is -2.22. The smallest absolute Gasteiger partial charge is 0.238 e. The lowest BCUT2D eigenvalue weighted by Crippen LogP contribution is -2.33. The monoisotopic (exact) mass is 342 g/mol. The molecular formula is C20H26N2O3. The fourth-order valence-electron chi connectivity index (χ4n) is 2.72. The highest BCUT2D eigenvalue weighted by molar-refractivity contribution is 5.92. The number of anilines is 1. The average molecular weight is 342 g/mol. The van der Waals surface area contributed by atoms with Gasteiger partial charge in [-0.05, 0) is 23.6 Å². The van der Waals surface area contributed by atoms with Gasteiger partial charge in [0, 0.05) is 17.8 Å². The van der Waals surface area contributed by atoms with E-state index in [1.54, 1.807) is 32.4 Å². The number of hydrogen-bond donors (Lipinski definition) is 2. The van der Waals surface area contributed by atoms with Gasteiger partial charge in [-0.15, -0.1) is 0 Å². The number of carbonyl (C=O) groups is 1. The van der Waals surface area contributed by atoms with Crippen LogP contribution >= 0.6 is 0 Å². The van der Waals surface area contributed by atoms with E-state index < -0.39 is 0 Å². The Bertz CT molecular complexity index is 687. The molecule has 0 unspecified atom stereocenters. The van der Waals surface area contributed by atoms with E-state index in [1.165, 1.54) is 5.56 Å². The molecule has 0 saturated carbocycles. The zero-order valence-corrected chi connectivity index (χ0v) is 15.2. The summed E-state index contributed by atoms with van der Waals surface area (Å²) in [5, 5.41) is 6.22. The van der Waals surface area contributed by atoms with Gasteiger partial charge in [0.25, 0.3) is 0 Å². The minimum atomic E-state index is -0.103. The second-order valence-corrected chi connectivity index (χ2v) is 6.13. The Morgan fingerprint density at radius 2 is 1.68 bits per heavy atom. The van der Waals surface area contributed by atoms with Crippen molar-refractivity contribution in [2.75, 3.05) is 26.1 Å². The van der Waals surface area contributed by atoms with E-state index in [0.29, 0.717) is 23.1 Å². The van der Waals surface area contributed by atoms with Gasteiger partial charge in [0.2, 0.25) is 5.91 Å². The van der Waals surface area contributed by atoms with Crippen LogP contribution in [0, 0.1) is 5.92 Å². The van der Waals surface area contributed by atoms with Crippen molar-refractivity contribution in [1.29, 1.82) is 0 Å². The van der Waals surface area contributed by atoms with Crippen LogP contribution in [-0.2, 0) is 4.79 Å². The van der Waals surface area contributed by atoms with E-state index in [1.807, 2.05) is 18.2 Å². The summed E-state index contributed by atoms with van der Waals surface area (Å²) in [4.78, 5) is 12.3. The number of rotatable bonds is 8. The van der Waals surface area contributed by atoms with E-state index in [0.717, 1.165) is 0 Å². The minimum Gasteiger partial charge on any atom is -0.493 e. The quantitative estimate of drug-likeness (QED) is 0.769. The Kier molecular flexibility index (Phi) is 6.83. The first kappa shape index (κ1) is 18.8. The van der Waals surface area contributed by atoms with E-state index >= 15 is 0 Å². The predicted molar refractivity (Wildman–Crippen MR) is 100 cm³/mol. The molecule has 0 aromatic heterocycles. The fraction of sp³-hybridized carbons (Fsp3) is 0.350. The zero-order chi connectivity index (χ0) is 18.2. The highest BCUT2D eigenvalue weighted by atomic mass is 16.5. The molecule has 0 heterocycles. The lowest BCUT2D eigenvalue weighted by molar-refractivity contribution is -0.115. The topological polar surface area (TPSA) is 59.6 Å². The number of benzene rings is 2. The zero-order valence-electron chi connectivity index (χ0n) is 15.2. The molecule has 5 nitrogen and oxygen atoms in total. The molecule has 134 valence electrons. The number of ether oxygens (including phenoxy) is 2. The Morgan fingerprint density at radius 3 is 2.28 bits per heavy atom. The molecule has 2 aromatic carbocycles. The van der Waals surface area contributed by atoms with Crippen LogP contribution in [0.15, 0.2) is 48.5 Å². The highest BCUT2D eigenvalue weighted by Gasteiger charge is 2.16. The molecule has 0 saturated heterocycles. The van der Waals surface area contributed by atoms with Gasteiger partial charge in [0.05, 0.1) is 20.8 Å². The van der Waals surface area contributed by atoms with Gasteiger partial charge < -0.3 is 20.1 Å². The highest BCUT2D eigenvalue weighted by Crippen LogP contribution is 2.29. The van der Waals surface area contributed by atoms with E-state index in [-0.39, 0.29) is 18.5 Å². The molecule has 0 aliphatic carbocycles. The molecule has 2 N–H and O–H groups in total. The predicted octanol–water partition coefficient (Wildman–Crippen LogP) is 3.63. The van der Waals surface area contributed by atoms with Crippen LogP contribution in [0.1, 0.15) is 25.5 Å². The molecule has 0 spiro atoms. The maximum absolute atomic E-state index is 12.3. The van der Waals surface area contributed by atoms with Gasteiger partial charge in [-0.25, -0.2) is 0 Å². The van der Waals surface area contributed by atoms with E-state index in [4.69, 9.17) is 9.47 Å². The number of carbonyl (C=O) groups excluding carboxylic acids is 1. The number of methoxy groups -OCH3 is 2. The van der Waals surface area contributed by atoms with Gasteiger partial charge in [0.15, 0.2) is 11.5 Å². The molecule has 0 radical (unpaired) electrons. The summed E-state index contributed by atoms with van der Waals surface area (Å²) in [7, 11) is 3.15. The maximum atomic E-state index is 12.3. The second kappa shape index (κ2) is 9.08. The number of nitrogens with one attached hydrogen (secondary N) is 2. The summed E-state index contributed by atoms with van der Waals surface area (Å²) in [5.41, 5.74) is 1.85. The summed E-state index contributed by atoms with van der Waals surface area (Å²) in [6.45, 7) is 4.50. The van der Waals surface area contributed by atoms with Gasteiger partial charge in [-0.3, -0.25) is 4.79 Å². The van der Waals surface area contributed by atoms with Crippen molar-refractivity contribution in [2.45, 2.75) is 19.9 Å². The summed E-state index contributed by atoms with van der Waals surface area (Å²) in [6.07, 6.45) is 0. The lowest BCUT2D eigenvalue weighted by atomic mass is 9.96. The van der Waals surface area contributed by atoms with Crippen LogP contribution in [0.25, 0.3) is 0 Å². The van der Waals surface area contributed by atoms with Crippen molar-refractivity contribution in [2.24, 2.45) is 5.92 Å². The Morgan fingerprint density at radius 1 is 1.00 bits per heavy atom. The normalized spacial score (nSPS) is 11.9. The van der Waals surface area contributed by atoms with E-state index in [9.17, 15) is 4.79 Å². The molecule has 5 heteroatoms. The molecule has 0 fully saturated rings. The van der Waals surface area contributed by atoms with Crippen LogP contribution in [-0.4, -0.2) is 26.7 Å². The molecule has 2 rings (SSSR count). The van der Waals surface area contributed by atoms with Crippen LogP contribution in [0.4, 0.5) is 5.69 Å². The van der Waals surface area contributed by atoms with Gasteiger partial charge in [-0.2, -0.15) is 0 Å². The number of hydrogen-bond acceptors (Lipinski definition) is 4. The third-order valence-corrected chi connectivity index (χ3v) is 3.98. The SMILES string of the molecule is COc1ccc(NC(=O)CN[C@@H](c2ccccc2)C(C)C)cc1OC. The molecule has 0 aliphatic rings. The fourth-order valence-corrected chi connectivity index (χ4v) is 2.72. The minimum absolute atomic E-state index is 0.103. The second-order valence-electron chi connectivity index (χ2n) is 6.13. The van der Waals surface area contributed by atoms with Gasteiger partial charge in [0.1, 0.15) is 0 Å². The van der Waals surface area contributed by atoms with Crippen LogP contribution in [0.2, 0.25) is 0 Å². The third-order valence-electron chi connectivity index (χ3n) is 3.98. The molecule has 0 bridgehead atoms. The molecule has 1 amide bonds. The summed E-state index contributed by atoms with van der Waals surface area (Å²) in [5.74, 6) is 1.48. The standard InChI is InChI=1S/C20H26N2O3/c1-14(2)20(15-8-6-5-7-9-15)21-13-19(23)22-16-10-11-17(24-3)18(12-16)25-4/h5-12,14,20-21H,13H2,1-4H3,(H,22,23)/t20-/m1/s1. The first-order valence-corrected chi connectivity index (χ1v) is 8.35. The Hall–Kier alpha value is -2.53. The number of amides is 1. The van der Waals surface area contributed by atoms with Gasteiger partial charge in [-0.1, -0.05) is 44.2 Å². The van der Waals surface area contributed by atoms with Gasteiger partial charge >= 0.3 is 0 Å². The van der Waals surface area contributed by atoms with Crippen molar-refractivity contribution in [3.63, 3.8) is 0 Å². The van der Waals surface area contributed by atoms with E-state index in [2.05, 4.69) is 36.6 Å².